The van der Waals surface area contributed by atoms with Gasteiger partial charge in [0, 0.05) is 57.4 Å². The van der Waals surface area contributed by atoms with Crippen LogP contribution in [0, 0.1) is 5.92 Å². The highest BCUT2D eigenvalue weighted by atomic mass is 16.7. The third-order valence-corrected chi connectivity index (χ3v) is 6.30. The van der Waals surface area contributed by atoms with Gasteiger partial charge in [-0.2, -0.15) is 0 Å². The summed E-state index contributed by atoms with van der Waals surface area (Å²) in [6.07, 6.45) is 4.56. The Morgan fingerprint density at radius 3 is 2.59 bits per heavy atom. The van der Waals surface area contributed by atoms with E-state index in [1.165, 1.54) is 5.56 Å². The van der Waals surface area contributed by atoms with E-state index in [0.717, 1.165) is 25.3 Å². The number of carbonyl (C=O) groups excluding carboxylic acids is 2. The zero-order chi connectivity index (χ0) is 21.9. The second-order valence-electron chi connectivity index (χ2n) is 8.38. The second kappa shape index (κ2) is 9.04. The maximum absolute atomic E-state index is 13.1. The zero-order valence-electron chi connectivity index (χ0n) is 18.0. The number of ether oxygens (including phenoxy) is 2. The molecule has 2 aromatic carbocycles. The Balaban J connectivity index is 1.13. The molecule has 0 spiro atoms. The van der Waals surface area contributed by atoms with Gasteiger partial charge in [0.25, 0.3) is 0 Å². The van der Waals surface area contributed by atoms with Gasteiger partial charge in [0.1, 0.15) is 0 Å². The molecular formula is C25H27N3O4. The van der Waals surface area contributed by atoms with Crippen molar-refractivity contribution < 1.29 is 19.1 Å². The summed E-state index contributed by atoms with van der Waals surface area (Å²) in [5, 5.41) is 0. The molecule has 3 aliphatic heterocycles. The average Bonchev–Trinajstić information content (AvgIpc) is 3.45. The van der Waals surface area contributed by atoms with Gasteiger partial charge < -0.3 is 19.3 Å². The first kappa shape index (κ1) is 20.6. The summed E-state index contributed by atoms with van der Waals surface area (Å²) >= 11 is 0. The molecule has 2 fully saturated rings. The Hall–Kier alpha value is -3.32. The lowest BCUT2D eigenvalue weighted by molar-refractivity contribution is -0.137. The number of benzene rings is 2. The molecule has 0 aromatic heterocycles. The number of carbonyl (C=O) groups is 2. The number of piperazine rings is 1. The predicted octanol–water partition coefficient (Wildman–Crippen LogP) is 2.63. The molecule has 0 radical (unpaired) electrons. The molecule has 7 heteroatoms. The molecule has 7 nitrogen and oxygen atoms in total. The van der Waals surface area contributed by atoms with E-state index in [4.69, 9.17) is 9.47 Å². The normalized spacial score (nSPS) is 21.0. The van der Waals surface area contributed by atoms with Crippen molar-refractivity contribution in [2.75, 3.05) is 51.0 Å². The van der Waals surface area contributed by atoms with Gasteiger partial charge in [-0.15, -0.1) is 0 Å². The van der Waals surface area contributed by atoms with Crippen molar-refractivity contribution >= 4 is 23.6 Å². The van der Waals surface area contributed by atoms with E-state index in [9.17, 15) is 9.59 Å². The van der Waals surface area contributed by atoms with Crippen LogP contribution in [0.2, 0.25) is 0 Å². The molecule has 0 saturated carbocycles. The minimum absolute atomic E-state index is 0.0214. The first-order chi connectivity index (χ1) is 15.7. The smallest absolute Gasteiger partial charge is 0.231 e. The highest BCUT2D eigenvalue weighted by molar-refractivity contribution is 6.00. The number of hydrogen-bond acceptors (Lipinski definition) is 5. The summed E-state index contributed by atoms with van der Waals surface area (Å²) in [6, 6.07) is 15.7. The van der Waals surface area contributed by atoms with Crippen molar-refractivity contribution in [2.24, 2.45) is 5.92 Å². The van der Waals surface area contributed by atoms with E-state index in [0.29, 0.717) is 31.1 Å². The first-order valence-electron chi connectivity index (χ1n) is 11.1. The number of anilines is 1. The quantitative estimate of drug-likeness (QED) is 0.726. The summed E-state index contributed by atoms with van der Waals surface area (Å²) in [5.41, 5.74) is 1.95. The predicted molar refractivity (Wildman–Crippen MR) is 122 cm³/mol. The lowest BCUT2D eigenvalue weighted by Gasteiger charge is -2.35. The fourth-order valence-corrected chi connectivity index (χ4v) is 4.49. The van der Waals surface area contributed by atoms with Gasteiger partial charge in [0.15, 0.2) is 11.5 Å². The van der Waals surface area contributed by atoms with Gasteiger partial charge in [-0.25, -0.2) is 0 Å². The van der Waals surface area contributed by atoms with Gasteiger partial charge in [-0.3, -0.25) is 14.5 Å². The Kier molecular flexibility index (Phi) is 5.81. The molecule has 1 unspecified atom stereocenters. The van der Waals surface area contributed by atoms with Crippen molar-refractivity contribution in [3.05, 3.63) is 60.2 Å². The van der Waals surface area contributed by atoms with Gasteiger partial charge >= 0.3 is 0 Å². The average molecular weight is 434 g/mol. The van der Waals surface area contributed by atoms with E-state index in [1.54, 1.807) is 4.90 Å². The number of fused-ring (bicyclic) bond motifs is 1. The zero-order valence-corrected chi connectivity index (χ0v) is 18.0. The number of amides is 2. The van der Waals surface area contributed by atoms with Crippen LogP contribution in [-0.2, 0) is 9.59 Å². The molecule has 0 bridgehead atoms. The maximum Gasteiger partial charge on any atom is 0.231 e. The second-order valence-corrected chi connectivity index (χ2v) is 8.38. The van der Waals surface area contributed by atoms with Crippen LogP contribution >= 0.6 is 0 Å². The lowest BCUT2D eigenvalue weighted by atomic mass is 10.1. The van der Waals surface area contributed by atoms with Crippen molar-refractivity contribution in [2.45, 2.75) is 6.42 Å². The Bertz CT molecular complexity index is 1020. The molecule has 1 atom stereocenters. The van der Waals surface area contributed by atoms with Crippen LogP contribution in [0.5, 0.6) is 11.5 Å². The van der Waals surface area contributed by atoms with E-state index in [2.05, 4.69) is 29.2 Å². The number of rotatable bonds is 5. The van der Waals surface area contributed by atoms with Crippen molar-refractivity contribution in [3.63, 3.8) is 0 Å². The van der Waals surface area contributed by atoms with Crippen LogP contribution in [0.4, 0.5) is 5.69 Å². The van der Waals surface area contributed by atoms with Gasteiger partial charge in [-0.05, 0) is 17.7 Å². The van der Waals surface area contributed by atoms with Crippen molar-refractivity contribution in [1.82, 2.24) is 9.80 Å². The Morgan fingerprint density at radius 2 is 1.78 bits per heavy atom. The van der Waals surface area contributed by atoms with Gasteiger partial charge in [0.2, 0.25) is 18.6 Å². The van der Waals surface area contributed by atoms with Gasteiger partial charge in [0.05, 0.1) is 5.92 Å². The Morgan fingerprint density at radius 1 is 1.00 bits per heavy atom. The van der Waals surface area contributed by atoms with Crippen LogP contribution in [0.25, 0.3) is 6.08 Å². The molecule has 32 heavy (non-hydrogen) atoms. The standard InChI is InChI=1S/C25H27N3O4/c29-24-15-20(17-28(24)21-8-9-22-23(16-21)32-18-31-22)25(30)27-13-11-26(12-14-27)10-4-7-19-5-2-1-3-6-19/h1-9,16,20H,10-15,17-18H2/b7-4+. The number of nitrogens with zero attached hydrogens (tertiary/aromatic N) is 3. The van der Waals surface area contributed by atoms with E-state index >= 15 is 0 Å². The number of hydrogen-bond donors (Lipinski definition) is 0. The highest BCUT2D eigenvalue weighted by Gasteiger charge is 2.38. The minimum atomic E-state index is -0.294. The van der Waals surface area contributed by atoms with Crippen LogP contribution in [0.15, 0.2) is 54.6 Å². The fourth-order valence-electron chi connectivity index (χ4n) is 4.49. The van der Waals surface area contributed by atoms with Crippen LogP contribution in [0.1, 0.15) is 12.0 Å². The Labute approximate surface area is 187 Å². The molecule has 166 valence electrons. The third kappa shape index (κ3) is 4.34. The van der Waals surface area contributed by atoms with E-state index < -0.39 is 0 Å². The summed E-state index contributed by atoms with van der Waals surface area (Å²) in [7, 11) is 0. The van der Waals surface area contributed by atoms with Crippen molar-refractivity contribution in [1.29, 1.82) is 0 Å². The summed E-state index contributed by atoms with van der Waals surface area (Å²) < 4.78 is 10.8. The third-order valence-electron chi connectivity index (χ3n) is 6.30. The summed E-state index contributed by atoms with van der Waals surface area (Å²) in [4.78, 5) is 31.7. The molecule has 2 saturated heterocycles. The molecule has 2 amide bonds. The highest BCUT2D eigenvalue weighted by Crippen LogP contribution is 2.37. The molecule has 0 aliphatic carbocycles. The maximum atomic E-state index is 13.1. The fraction of sp³-hybridized carbons (Fsp3) is 0.360. The molecule has 2 aromatic rings. The van der Waals surface area contributed by atoms with E-state index in [-0.39, 0.29) is 30.9 Å². The molecule has 5 rings (SSSR count). The molecule has 3 heterocycles. The summed E-state index contributed by atoms with van der Waals surface area (Å²) in [6.45, 7) is 4.57. The van der Waals surface area contributed by atoms with Crippen LogP contribution < -0.4 is 14.4 Å². The lowest BCUT2D eigenvalue weighted by Crippen LogP contribution is -2.50. The molecule has 0 N–H and O–H groups in total. The SMILES string of the molecule is O=C(C1CC(=O)N(c2ccc3c(c2)OCO3)C1)N1CCN(C/C=C/c2ccccc2)CC1. The van der Waals surface area contributed by atoms with Gasteiger partial charge in [-0.1, -0.05) is 42.5 Å². The molecular weight excluding hydrogens is 406 g/mol. The monoisotopic (exact) mass is 433 g/mol. The topological polar surface area (TPSA) is 62.3 Å². The molecule has 3 aliphatic rings. The van der Waals surface area contributed by atoms with Crippen molar-refractivity contribution in [3.8, 4) is 11.5 Å². The van der Waals surface area contributed by atoms with E-state index in [1.807, 2.05) is 41.3 Å². The van der Waals surface area contributed by atoms with Crippen LogP contribution in [0.3, 0.4) is 0 Å². The largest absolute Gasteiger partial charge is 0.454 e. The first-order valence-corrected chi connectivity index (χ1v) is 11.1. The van der Waals surface area contributed by atoms with Crippen LogP contribution in [-0.4, -0.2) is 67.7 Å². The summed E-state index contributed by atoms with van der Waals surface area (Å²) in [5.74, 6) is 1.09. The minimum Gasteiger partial charge on any atom is -0.454 e.